The maximum atomic E-state index is 5.28. The van der Waals surface area contributed by atoms with Crippen LogP contribution in [0.5, 0.6) is 5.75 Å². The number of aromatic nitrogens is 2. The van der Waals surface area contributed by atoms with Crippen molar-refractivity contribution in [3.05, 3.63) is 41.2 Å². The molecule has 0 aliphatic carbocycles. The van der Waals surface area contributed by atoms with Crippen LogP contribution in [-0.4, -0.2) is 30.5 Å². The Kier molecular flexibility index (Phi) is 4.79. The molecule has 2 rings (SSSR count). The smallest absolute Gasteiger partial charge is 0.121 e. The maximum Gasteiger partial charge on any atom is 0.121 e. The third-order valence-electron chi connectivity index (χ3n) is 3.59. The van der Waals surface area contributed by atoms with Gasteiger partial charge in [0.15, 0.2) is 0 Å². The van der Waals surface area contributed by atoms with Gasteiger partial charge < -0.3 is 10.1 Å². The van der Waals surface area contributed by atoms with Crippen LogP contribution in [-0.2, 0) is 6.42 Å². The normalized spacial score (nSPS) is 10.8. The Hall–Kier alpha value is -1.81. The number of methoxy groups -OCH3 is 1. The minimum absolute atomic E-state index is 0.854. The fourth-order valence-electron chi connectivity index (χ4n) is 2.47. The molecule has 1 aromatic heterocycles. The fraction of sp³-hybridized carbons (Fsp3) is 0.438. The second-order valence-corrected chi connectivity index (χ2v) is 4.97. The molecule has 0 spiro atoms. The average Bonchev–Trinajstić information content (AvgIpc) is 2.75. The lowest BCUT2D eigenvalue weighted by Gasteiger charge is -2.07. The van der Waals surface area contributed by atoms with Gasteiger partial charge in [-0.05, 0) is 58.0 Å². The van der Waals surface area contributed by atoms with Gasteiger partial charge in [-0.25, -0.2) is 4.68 Å². The molecule has 1 N–H and O–H groups in total. The number of hydrogen-bond donors (Lipinski definition) is 1. The van der Waals surface area contributed by atoms with E-state index >= 15 is 0 Å². The number of hydrogen-bond acceptors (Lipinski definition) is 3. The third kappa shape index (κ3) is 3.02. The molecule has 0 amide bonds. The summed E-state index contributed by atoms with van der Waals surface area (Å²) in [5.41, 5.74) is 4.72. The molecule has 4 nitrogen and oxygen atoms in total. The third-order valence-corrected chi connectivity index (χ3v) is 3.59. The summed E-state index contributed by atoms with van der Waals surface area (Å²) in [7, 11) is 3.67. The standard InChI is InChI=1S/C16H23N3O/c1-12-16(9-6-10-17-3)13(2)19(18-12)14-7-5-8-15(11-14)20-4/h5,7-8,11,17H,6,9-10H2,1-4H3. The zero-order valence-corrected chi connectivity index (χ0v) is 12.7. The second-order valence-electron chi connectivity index (χ2n) is 4.97. The van der Waals surface area contributed by atoms with Gasteiger partial charge in [-0.15, -0.1) is 0 Å². The van der Waals surface area contributed by atoms with Gasteiger partial charge in [0.1, 0.15) is 5.75 Å². The van der Waals surface area contributed by atoms with Crippen LogP contribution in [0.15, 0.2) is 24.3 Å². The molecule has 2 aromatic rings. The molecule has 108 valence electrons. The molecule has 1 heterocycles. The highest BCUT2D eigenvalue weighted by Gasteiger charge is 2.12. The van der Waals surface area contributed by atoms with Crippen LogP contribution in [0.4, 0.5) is 0 Å². The molecule has 0 unspecified atom stereocenters. The van der Waals surface area contributed by atoms with Crippen molar-refractivity contribution in [1.29, 1.82) is 0 Å². The van der Waals surface area contributed by atoms with Crippen LogP contribution < -0.4 is 10.1 Å². The topological polar surface area (TPSA) is 39.1 Å². The molecular formula is C16H23N3O. The number of nitrogens with zero attached hydrogens (tertiary/aromatic N) is 2. The van der Waals surface area contributed by atoms with Crippen LogP contribution in [0.3, 0.4) is 0 Å². The summed E-state index contributed by atoms with van der Waals surface area (Å²) >= 11 is 0. The molecule has 4 heteroatoms. The first kappa shape index (κ1) is 14.6. The highest BCUT2D eigenvalue weighted by molar-refractivity contribution is 5.42. The zero-order chi connectivity index (χ0) is 14.5. The van der Waals surface area contributed by atoms with Crippen LogP contribution in [0, 0.1) is 13.8 Å². The van der Waals surface area contributed by atoms with E-state index in [0.717, 1.165) is 36.5 Å². The molecule has 0 aliphatic rings. The summed E-state index contributed by atoms with van der Waals surface area (Å²) in [6, 6.07) is 8.00. The summed E-state index contributed by atoms with van der Waals surface area (Å²) in [4.78, 5) is 0. The predicted octanol–water partition coefficient (Wildman–Crippen LogP) is 2.65. The van der Waals surface area contributed by atoms with Crippen molar-refractivity contribution in [3.8, 4) is 11.4 Å². The Morgan fingerprint density at radius 1 is 1.30 bits per heavy atom. The molecule has 0 saturated heterocycles. The van der Waals surface area contributed by atoms with E-state index in [1.807, 2.05) is 29.9 Å². The lowest BCUT2D eigenvalue weighted by molar-refractivity contribution is 0.414. The lowest BCUT2D eigenvalue weighted by atomic mass is 10.1. The van der Waals surface area contributed by atoms with E-state index in [4.69, 9.17) is 4.74 Å². The second kappa shape index (κ2) is 6.57. The molecule has 0 saturated carbocycles. The summed E-state index contributed by atoms with van der Waals surface area (Å²) < 4.78 is 7.29. The van der Waals surface area contributed by atoms with Gasteiger partial charge in [0.05, 0.1) is 18.5 Å². The van der Waals surface area contributed by atoms with Gasteiger partial charge in [0.25, 0.3) is 0 Å². The number of benzene rings is 1. The SMILES string of the molecule is CNCCCc1c(C)nn(-c2cccc(OC)c2)c1C. The molecule has 0 radical (unpaired) electrons. The Morgan fingerprint density at radius 2 is 2.10 bits per heavy atom. The fourth-order valence-corrected chi connectivity index (χ4v) is 2.47. The molecule has 0 fully saturated rings. The van der Waals surface area contributed by atoms with Crippen molar-refractivity contribution < 1.29 is 4.74 Å². The number of rotatable bonds is 6. The van der Waals surface area contributed by atoms with Gasteiger partial charge in [-0.2, -0.15) is 5.10 Å². The monoisotopic (exact) mass is 273 g/mol. The molecule has 0 atom stereocenters. The zero-order valence-electron chi connectivity index (χ0n) is 12.7. The predicted molar refractivity (Wildman–Crippen MR) is 81.8 cm³/mol. The van der Waals surface area contributed by atoms with E-state index in [2.05, 4.69) is 30.3 Å². The largest absolute Gasteiger partial charge is 0.497 e. The van der Waals surface area contributed by atoms with Gasteiger partial charge in [-0.1, -0.05) is 6.07 Å². The first-order valence-corrected chi connectivity index (χ1v) is 7.01. The summed E-state index contributed by atoms with van der Waals surface area (Å²) in [6.07, 6.45) is 2.18. The molecule has 1 aromatic carbocycles. The van der Waals surface area contributed by atoms with Crippen molar-refractivity contribution in [2.75, 3.05) is 20.7 Å². The molecular weight excluding hydrogens is 250 g/mol. The van der Waals surface area contributed by atoms with Crippen molar-refractivity contribution in [2.45, 2.75) is 26.7 Å². The quantitative estimate of drug-likeness (QED) is 0.822. The first-order chi connectivity index (χ1) is 9.67. The van der Waals surface area contributed by atoms with Crippen molar-refractivity contribution in [1.82, 2.24) is 15.1 Å². The minimum atomic E-state index is 0.854. The summed E-state index contributed by atoms with van der Waals surface area (Å²) in [6.45, 7) is 5.25. The van der Waals surface area contributed by atoms with Gasteiger partial charge in [0.2, 0.25) is 0 Å². The Bertz CT molecular complexity index is 575. The van der Waals surface area contributed by atoms with E-state index in [0.29, 0.717) is 0 Å². The van der Waals surface area contributed by atoms with Gasteiger partial charge in [-0.3, -0.25) is 0 Å². The van der Waals surface area contributed by atoms with Crippen molar-refractivity contribution >= 4 is 0 Å². The number of nitrogens with one attached hydrogen (secondary N) is 1. The van der Waals surface area contributed by atoms with E-state index in [9.17, 15) is 0 Å². The highest BCUT2D eigenvalue weighted by atomic mass is 16.5. The maximum absolute atomic E-state index is 5.28. The molecule has 0 aliphatic heterocycles. The summed E-state index contributed by atoms with van der Waals surface area (Å²) in [5, 5.41) is 7.86. The van der Waals surface area contributed by atoms with E-state index in [1.165, 1.54) is 11.3 Å². The first-order valence-electron chi connectivity index (χ1n) is 7.01. The van der Waals surface area contributed by atoms with Crippen LogP contribution in [0.2, 0.25) is 0 Å². The molecule has 20 heavy (non-hydrogen) atoms. The van der Waals surface area contributed by atoms with Crippen LogP contribution in [0.1, 0.15) is 23.4 Å². The van der Waals surface area contributed by atoms with Crippen molar-refractivity contribution in [2.24, 2.45) is 0 Å². The number of ether oxygens (including phenoxy) is 1. The molecule has 0 bridgehead atoms. The Morgan fingerprint density at radius 3 is 2.80 bits per heavy atom. The highest BCUT2D eigenvalue weighted by Crippen LogP contribution is 2.22. The summed E-state index contributed by atoms with van der Waals surface area (Å²) in [5.74, 6) is 0.854. The van der Waals surface area contributed by atoms with Crippen LogP contribution in [0.25, 0.3) is 5.69 Å². The van der Waals surface area contributed by atoms with E-state index < -0.39 is 0 Å². The average molecular weight is 273 g/mol. The minimum Gasteiger partial charge on any atom is -0.497 e. The Balaban J connectivity index is 2.30. The lowest BCUT2D eigenvalue weighted by Crippen LogP contribution is -2.09. The van der Waals surface area contributed by atoms with Gasteiger partial charge in [0, 0.05) is 11.8 Å². The van der Waals surface area contributed by atoms with E-state index in [1.54, 1.807) is 7.11 Å². The number of aryl methyl sites for hydroxylation is 1. The van der Waals surface area contributed by atoms with E-state index in [-0.39, 0.29) is 0 Å². The van der Waals surface area contributed by atoms with Crippen LogP contribution >= 0.6 is 0 Å². The van der Waals surface area contributed by atoms with Crippen molar-refractivity contribution in [3.63, 3.8) is 0 Å². The van der Waals surface area contributed by atoms with Gasteiger partial charge >= 0.3 is 0 Å². The Labute approximate surface area is 120 Å².